The van der Waals surface area contributed by atoms with Crippen molar-refractivity contribution >= 4 is 17.6 Å². The molecule has 8 heavy (non-hydrogen) atoms. The van der Waals surface area contributed by atoms with Gasteiger partial charge in [0.25, 0.3) is 0 Å². The lowest BCUT2D eigenvalue weighted by atomic mass is 10.7. The molecule has 0 aromatic carbocycles. The second-order valence-electron chi connectivity index (χ2n) is 0.959. The van der Waals surface area contributed by atoms with Gasteiger partial charge in [0.1, 0.15) is 0 Å². The van der Waals surface area contributed by atoms with Gasteiger partial charge < -0.3 is 5.11 Å². The van der Waals surface area contributed by atoms with Crippen molar-refractivity contribution in [2.24, 2.45) is 0 Å². The summed E-state index contributed by atoms with van der Waals surface area (Å²) in [4.78, 5) is 17.9. The molecular weight excluding hydrogens is 137 g/mol. The van der Waals surface area contributed by atoms with Crippen molar-refractivity contribution < 1.29 is 14.8 Å². The number of carboxylic acids is 1. The summed E-state index contributed by atoms with van der Waals surface area (Å²) in [7, 11) is 0. The minimum atomic E-state index is -2.02. The van der Waals surface area contributed by atoms with E-state index in [1.807, 2.05) is 0 Å². The summed E-state index contributed by atoms with van der Waals surface area (Å²) in [6, 6.07) is 0. The number of nitrogens with zero attached hydrogens (tertiary/aromatic N) is 1. The third kappa shape index (κ3) is 1.74. The lowest BCUT2D eigenvalue weighted by molar-refractivity contribution is -0.487. The van der Waals surface area contributed by atoms with E-state index in [4.69, 9.17) is 5.11 Å². The van der Waals surface area contributed by atoms with Gasteiger partial charge in [-0.25, -0.2) is 4.79 Å². The van der Waals surface area contributed by atoms with Crippen LogP contribution in [0.1, 0.15) is 0 Å². The molecule has 0 aromatic rings. The molecule has 46 valence electrons. The first-order valence-corrected chi connectivity index (χ1v) is 1.99. The lowest BCUT2D eigenvalue weighted by Gasteiger charge is -1.90. The van der Waals surface area contributed by atoms with Crippen LogP contribution in [-0.2, 0) is 4.79 Å². The average molecular weight is 139 g/mol. The Morgan fingerprint density at radius 1 is 1.88 bits per heavy atom. The van der Waals surface area contributed by atoms with E-state index in [0.717, 1.165) is 0 Å². The molecule has 0 saturated carbocycles. The van der Waals surface area contributed by atoms with Crippen molar-refractivity contribution in [3.8, 4) is 0 Å². The van der Waals surface area contributed by atoms with Crippen LogP contribution < -0.4 is 0 Å². The molecule has 0 saturated heterocycles. The Bertz CT molecular complexity index is 109. The predicted molar refractivity (Wildman–Crippen MR) is 24.3 cm³/mol. The molecule has 0 spiro atoms. The zero-order valence-electron chi connectivity index (χ0n) is 3.57. The normalized spacial score (nSPS) is 12.6. The molecule has 0 aromatic heterocycles. The molecule has 6 heteroatoms. The Kier molecular flexibility index (Phi) is 2.20. The van der Waals surface area contributed by atoms with Crippen LogP contribution in [0.15, 0.2) is 0 Å². The summed E-state index contributed by atoms with van der Waals surface area (Å²) in [6.07, 6.45) is 0. The van der Waals surface area contributed by atoms with E-state index in [2.05, 4.69) is 11.6 Å². The Morgan fingerprint density at radius 2 is 2.25 bits per heavy atom. The van der Waals surface area contributed by atoms with E-state index >= 15 is 0 Å². The van der Waals surface area contributed by atoms with Gasteiger partial charge in [0.15, 0.2) is 0 Å². The van der Waals surface area contributed by atoms with Crippen LogP contribution in [0.4, 0.5) is 0 Å². The van der Waals surface area contributed by atoms with Crippen LogP contribution in [0.2, 0.25) is 0 Å². The second kappa shape index (κ2) is 2.46. The maximum Gasteiger partial charge on any atom is 0.396 e. The van der Waals surface area contributed by atoms with Gasteiger partial charge in [-0.3, -0.25) is 10.1 Å². The largest absolute Gasteiger partial charge is 0.475 e. The average Bonchev–Trinajstić information content (AvgIpc) is 1.64. The summed E-state index contributed by atoms with van der Waals surface area (Å²) in [5.41, 5.74) is -2.02. The van der Waals surface area contributed by atoms with Gasteiger partial charge in [-0.15, -0.1) is 0 Å². The molecule has 0 fully saturated rings. The molecule has 1 N–H and O–H groups in total. The van der Waals surface area contributed by atoms with Crippen LogP contribution in [0.25, 0.3) is 0 Å². The quantitative estimate of drug-likeness (QED) is 0.251. The topological polar surface area (TPSA) is 80.4 Å². The molecule has 0 rings (SSSR count). The Labute approximate surface area is 49.0 Å². The van der Waals surface area contributed by atoms with E-state index in [9.17, 15) is 14.9 Å². The van der Waals surface area contributed by atoms with Crippen LogP contribution in [0, 0.1) is 10.1 Å². The molecule has 0 amide bonds. The first-order chi connectivity index (χ1) is 3.55. The summed E-state index contributed by atoms with van der Waals surface area (Å²) in [6.45, 7) is 0. The summed E-state index contributed by atoms with van der Waals surface area (Å²) < 4.78 is 0. The summed E-state index contributed by atoms with van der Waals surface area (Å²) in [5.74, 6) is -1.64. The van der Waals surface area contributed by atoms with Gasteiger partial charge in [0.2, 0.25) is 0 Å². The first-order valence-electron chi connectivity index (χ1n) is 1.56. The van der Waals surface area contributed by atoms with Gasteiger partial charge in [-0.05, 0) is 11.6 Å². The van der Waals surface area contributed by atoms with Crippen molar-refractivity contribution in [1.29, 1.82) is 0 Å². The van der Waals surface area contributed by atoms with Crippen LogP contribution in [0.3, 0.4) is 0 Å². The highest BCUT2D eigenvalue weighted by molar-refractivity contribution is 6.28. The number of aliphatic carboxylic acids is 1. The standard InChI is InChI=1S/C2H2ClNO4/c3-1(2(5)6)4(7)8/h1H,(H,5,6). The number of hydrogen-bond donors (Lipinski definition) is 1. The monoisotopic (exact) mass is 139 g/mol. The minimum Gasteiger partial charge on any atom is -0.475 e. The molecule has 0 heterocycles. The highest BCUT2D eigenvalue weighted by Gasteiger charge is 2.24. The zero-order chi connectivity index (χ0) is 6.73. The molecule has 0 aliphatic heterocycles. The fourth-order valence-electron chi connectivity index (χ4n) is 0.0902. The predicted octanol–water partition coefficient (Wildman–Crippen LogP) is -0.0874. The third-order valence-electron chi connectivity index (χ3n) is 0.389. The number of carbonyl (C=O) groups is 1. The molecule has 1 unspecified atom stereocenters. The maximum atomic E-state index is 9.57. The number of alkyl halides is 1. The highest BCUT2D eigenvalue weighted by Crippen LogP contribution is 1.94. The van der Waals surface area contributed by atoms with E-state index in [0.29, 0.717) is 0 Å². The first kappa shape index (κ1) is 7.16. The highest BCUT2D eigenvalue weighted by atomic mass is 35.5. The van der Waals surface area contributed by atoms with E-state index in [-0.39, 0.29) is 0 Å². The number of halogens is 1. The Balaban J connectivity index is 3.83. The van der Waals surface area contributed by atoms with E-state index < -0.39 is 16.4 Å². The van der Waals surface area contributed by atoms with Gasteiger partial charge in [-0.1, -0.05) is 0 Å². The Morgan fingerprint density at radius 3 is 2.25 bits per heavy atom. The summed E-state index contributed by atoms with van der Waals surface area (Å²) >= 11 is 4.65. The fourth-order valence-corrected chi connectivity index (χ4v) is 0.0902. The second-order valence-corrected chi connectivity index (χ2v) is 1.37. The van der Waals surface area contributed by atoms with Crippen molar-refractivity contribution in [3.05, 3.63) is 10.1 Å². The summed E-state index contributed by atoms with van der Waals surface area (Å²) in [5, 5.41) is 17.2. The van der Waals surface area contributed by atoms with Crippen LogP contribution in [0.5, 0.6) is 0 Å². The number of hydrogen-bond acceptors (Lipinski definition) is 3. The Hall–Kier alpha value is -0.840. The van der Waals surface area contributed by atoms with Gasteiger partial charge in [0.05, 0.1) is 4.92 Å². The van der Waals surface area contributed by atoms with Gasteiger partial charge >= 0.3 is 11.5 Å². The van der Waals surface area contributed by atoms with Crippen LogP contribution >= 0.6 is 11.6 Å². The minimum absolute atomic E-state index is 1.09. The number of carboxylic acid groups (broad SMARTS) is 1. The lowest BCUT2D eigenvalue weighted by Crippen LogP contribution is -2.22. The SMILES string of the molecule is O=C(O)C(Cl)[N+](=O)[O-]. The smallest absolute Gasteiger partial charge is 0.396 e. The number of nitro groups is 1. The molecule has 1 atom stereocenters. The van der Waals surface area contributed by atoms with Crippen molar-refractivity contribution in [1.82, 2.24) is 0 Å². The van der Waals surface area contributed by atoms with Gasteiger partial charge in [0, 0.05) is 0 Å². The number of rotatable bonds is 2. The molecule has 0 bridgehead atoms. The van der Waals surface area contributed by atoms with Crippen molar-refractivity contribution in [2.45, 2.75) is 5.50 Å². The van der Waals surface area contributed by atoms with Crippen molar-refractivity contribution in [3.63, 3.8) is 0 Å². The maximum absolute atomic E-state index is 9.57. The van der Waals surface area contributed by atoms with Gasteiger partial charge in [-0.2, -0.15) is 0 Å². The fraction of sp³-hybridized carbons (Fsp3) is 0.500. The molecular formula is C2H2ClNO4. The molecule has 0 aliphatic carbocycles. The third-order valence-corrected chi connectivity index (χ3v) is 0.735. The molecule has 0 aliphatic rings. The van der Waals surface area contributed by atoms with Crippen LogP contribution in [-0.4, -0.2) is 21.5 Å². The molecule has 0 radical (unpaired) electrons. The van der Waals surface area contributed by atoms with Crippen molar-refractivity contribution in [2.75, 3.05) is 0 Å². The van der Waals surface area contributed by atoms with E-state index in [1.165, 1.54) is 0 Å². The van der Waals surface area contributed by atoms with E-state index in [1.54, 1.807) is 0 Å². The zero-order valence-corrected chi connectivity index (χ0v) is 4.33. The molecule has 5 nitrogen and oxygen atoms in total.